The number of nitrogens with one attached hydrogen (secondary N) is 1. The molecule has 2 rings (SSSR count). The molecule has 0 amide bonds. The van der Waals surface area contributed by atoms with Crippen LogP contribution in [0, 0.1) is 5.82 Å². The third-order valence-corrected chi connectivity index (χ3v) is 5.78. The molecule has 102 valence electrons. The lowest BCUT2D eigenvalue weighted by atomic mass is 10.3. The van der Waals surface area contributed by atoms with Gasteiger partial charge in [-0.25, -0.2) is 12.8 Å². The quantitative estimate of drug-likeness (QED) is 0.875. The topological polar surface area (TPSA) is 66.4 Å². The fourth-order valence-electron chi connectivity index (χ4n) is 1.36. The highest BCUT2D eigenvalue weighted by molar-refractivity contribution is 9.10. The summed E-state index contributed by atoms with van der Waals surface area (Å²) in [7, 11) is -3.86. The van der Waals surface area contributed by atoms with Gasteiger partial charge in [-0.15, -0.1) is 11.3 Å². The van der Waals surface area contributed by atoms with E-state index < -0.39 is 15.8 Å². The molecule has 1 aromatic heterocycles. The van der Waals surface area contributed by atoms with Crippen molar-refractivity contribution >= 4 is 43.0 Å². The summed E-state index contributed by atoms with van der Waals surface area (Å²) >= 11 is 4.05. The van der Waals surface area contributed by atoms with Crippen molar-refractivity contribution in [2.45, 2.75) is 10.8 Å². The molecule has 2 N–H and O–H groups in total. The molecule has 0 unspecified atom stereocenters. The Labute approximate surface area is 122 Å². The zero-order chi connectivity index (χ0) is 14.0. The maximum absolute atomic E-state index is 13.6. The number of sulfonamides is 1. The van der Waals surface area contributed by atoms with Gasteiger partial charge in [0, 0.05) is 4.47 Å². The summed E-state index contributed by atoms with van der Waals surface area (Å²) in [5.74, 6) is -0.670. The second-order valence-electron chi connectivity index (χ2n) is 3.63. The lowest BCUT2D eigenvalue weighted by molar-refractivity contribution is 0.282. The number of para-hydroxylation sites is 1. The summed E-state index contributed by atoms with van der Waals surface area (Å²) in [6, 6.07) is 5.51. The van der Waals surface area contributed by atoms with E-state index in [0.29, 0.717) is 10.0 Å². The molecular formula is C11H9BrFNO3S2. The average Bonchev–Trinajstić information content (AvgIpc) is 2.83. The zero-order valence-electron chi connectivity index (χ0n) is 9.43. The van der Waals surface area contributed by atoms with Crippen molar-refractivity contribution in [2.24, 2.45) is 0 Å². The van der Waals surface area contributed by atoms with Crippen LogP contribution in [-0.2, 0) is 16.6 Å². The van der Waals surface area contributed by atoms with Crippen LogP contribution in [0.5, 0.6) is 0 Å². The number of halogens is 2. The van der Waals surface area contributed by atoms with Gasteiger partial charge in [-0.05, 0) is 45.1 Å². The Kier molecular flexibility index (Phi) is 4.24. The van der Waals surface area contributed by atoms with Crippen LogP contribution in [0.25, 0.3) is 0 Å². The predicted molar refractivity (Wildman–Crippen MR) is 75.2 cm³/mol. The first-order valence-electron chi connectivity index (χ1n) is 5.09. The molecule has 0 spiro atoms. The van der Waals surface area contributed by atoms with Crippen molar-refractivity contribution in [1.29, 1.82) is 0 Å². The SMILES string of the molecule is O=S(=O)(Nc1c(F)cccc1Br)c1cc(CO)cs1. The van der Waals surface area contributed by atoms with E-state index >= 15 is 0 Å². The van der Waals surface area contributed by atoms with Gasteiger partial charge in [0.05, 0.1) is 12.3 Å². The van der Waals surface area contributed by atoms with E-state index in [9.17, 15) is 12.8 Å². The Morgan fingerprint density at radius 1 is 1.42 bits per heavy atom. The highest BCUT2D eigenvalue weighted by atomic mass is 79.9. The highest BCUT2D eigenvalue weighted by Gasteiger charge is 2.20. The number of aliphatic hydroxyl groups is 1. The van der Waals surface area contributed by atoms with Gasteiger partial charge in [0.2, 0.25) is 0 Å². The van der Waals surface area contributed by atoms with E-state index in [-0.39, 0.29) is 16.5 Å². The Bertz CT molecular complexity index is 679. The molecule has 0 saturated heterocycles. The van der Waals surface area contributed by atoms with Gasteiger partial charge in [-0.1, -0.05) is 6.07 Å². The van der Waals surface area contributed by atoms with E-state index in [0.717, 1.165) is 17.4 Å². The zero-order valence-corrected chi connectivity index (χ0v) is 12.6. The Morgan fingerprint density at radius 2 is 2.16 bits per heavy atom. The van der Waals surface area contributed by atoms with Crippen molar-refractivity contribution in [3.05, 3.63) is 45.5 Å². The highest BCUT2D eigenvalue weighted by Crippen LogP contribution is 2.29. The number of rotatable bonds is 4. The lowest BCUT2D eigenvalue weighted by Crippen LogP contribution is -2.13. The fourth-order valence-corrected chi connectivity index (χ4v) is 4.22. The maximum Gasteiger partial charge on any atom is 0.271 e. The van der Waals surface area contributed by atoms with E-state index in [1.807, 2.05) is 0 Å². The monoisotopic (exact) mass is 365 g/mol. The summed E-state index contributed by atoms with van der Waals surface area (Å²) in [5, 5.41) is 10.5. The molecular weight excluding hydrogens is 357 g/mol. The summed E-state index contributed by atoms with van der Waals surface area (Å²) in [6.07, 6.45) is 0. The van der Waals surface area contributed by atoms with Gasteiger partial charge < -0.3 is 5.11 Å². The van der Waals surface area contributed by atoms with Gasteiger partial charge in [-0.2, -0.15) is 0 Å². The molecule has 1 aromatic carbocycles. The number of thiophene rings is 1. The number of hydrogen-bond acceptors (Lipinski definition) is 4. The standard InChI is InChI=1S/C11H9BrFNO3S2/c12-8-2-1-3-9(13)11(8)14-19(16,17)10-4-7(5-15)6-18-10/h1-4,6,14-15H,5H2. The first kappa shape index (κ1) is 14.4. The second kappa shape index (κ2) is 5.58. The van der Waals surface area contributed by atoms with Crippen LogP contribution in [0.4, 0.5) is 10.1 Å². The molecule has 8 heteroatoms. The van der Waals surface area contributed by atoms with Gasteiger partial charge in [0.25, 0.3) is 10.0 Å². The Hall–Kier alpha value is -0.960. The minimum absolute atomic E-state index is 0.0201. The van der Waals surface area contributed by atoms with Crippen LogP contribution in [0.2, 0.25) is 0 Å². The van der Waals surface area contributed by atoms with Crippen LogP contribution >= 0.6 is 27.3 Å². The van der Waals surface area contributed by atoms with Gasteiger partial charge in [0.15, 0.2) is 0 Å². The van der Waals surface area contributed by atoms with Crippen molar-refractivity contribution < 1.29 is 17.9 Å². The van der Waals surface area contributed by atoms with Crippen molar-refractivity contribution in [1.82, 2.24) is 0 Å². The molecule has 0 aliphatic carbocycles. The molecule has 0 saturated carbocycles. The number of anilines is 1. The number of aliphatic hydroxyl groups excluding tert-OH is 1. The third kappa shape index (κ3) is 3.14. The average molecular weight is 366 g/mol. The lowest BCUT2D eigenvalue weighted by Gasteiger charge is -2.09. The third-order valence-electron chi connectivity index (χ3n) is 2.28. The summed E-state index contributed by atoms with van der Waals surface area (Å²) in [6.45, 7) is -0.241. The van der Waals surface area contributed by atoms with E-state index in [1.54, 1.807) is 0 Å². The van der Waals surface area contributed by atoms with Gasteiger partial charge >= 0.3 is 0 Å². The molecule has 0 bridgehead atoms. The van der Waals surface area contributed by atoms with E-state index in [4.69, 9.17) is 5.11 Å². The summed E-state index contributed by atoms with van der Waals surface area (Å²) < 4.78 is 40.2. The molecule has 0 aliphatic rings. The first-order chi connectivity index (χ1) is 8.94. The molecule has 0 atom stereocenters. The van der Waals surface area contributed by atoms with Crippen LogP contribution in [0.3, 0.4) is 0 Å². The molecule has 1 heterocycles. The summed E-state index contributed by atoms with van der Waals surface area (Å²) in [5.41, 5.74) is 0.361. The molecule has 0 fully saturated rings. The maximum atomic E-state index is 13.6. The Balaban J connectivity index is 2.36. The van der Waals surface area contributed by atoms with E-state index in [2.05, 4.69) is 20.7 Å². The predicted octanol–water partition coefficient (Wildman–Crippen LogP) is 2.94. The number of hydrogen-bond donors (Lipinski definition) is 2. The Morgan fingerprint density at radius 3 is 2.74 bits per heavy atom. The molecule has 0 radical (unpaired) electrons. The van der Waals surface area contributed by atoms with Gasteiger partial charge in [-0.3, -0.25) is 4.72 Å². The van der Waals surface area contributed by atoms with Crippen molar-refractivity contribution in [2.75, 3.05) is 4.72 Å². The molecule has 2 aromatic rings. The molecule has 19 heavy (non-hydrogen) atoms. The van der Waals surface area contributed by atoms with Gasteiger partial charge in [0.1, 0.15) is 10.0 Å². The van der Waals surface area contributed by atoms with Crippen LogP contribution in [-0.4, -0.2) is 13.5 Å². The molecule has 0 aliphatic heterocycles. The summed E-state index contributed by atoms with van der Waals surface area (Å²) in [4.78, 5) is 0. The number of benzene rings is 1. The molecule has 4 nitrogen and oxygen atoms in total. The van der Waals surface area contributed by atoms with Crippen molar-refractivity contribution in [3.63, 3.8) is 0 Å². The minimum atomic E-state index is -3.86. The first-order valence-corrected chi connectivity index (χ1v) is 8.25. The smallest absolute Gasteiger partial charge is 0.271 e. The van der Waals surface area contributed by atoms with E-state index in [1.165, 1.54) is 23.6 Å². The van der Waals surface area contributed by atoms with Crippen molar-refractivity contribution in [3.8, 4) is 0 Å². The van der Waals surface area contributed by atoms with Crippen LogP contribution in [0.15, 0.2) is 38.3 Å². The minimum Gasteiger partial charge on any atom is -0.392 e. The fraction of sp³-hybridized carbons (Fsp3) is 0.0909. The normalized spacial score (nSPS) is 11.5. The largest absolute Gasteiger partial charge is 0.392 e. The van der Waals surface area contributed by atoms with Crippen LogP contribution < -0.4 is 4.72 Å². The second-order valence-corrected chi connectivity index (χ2v) is 7.31. The van der Waals surface area contributed by atoms with Crippen LogP contribution in [0.1, 0.15) is 5.56 Å².